The zero-order chi connectivity index (χ0) is 21.8. The Hall–Kier alpha value is -1.89. The minimum atomic E-state index is -0.756. The number of allylic oxidation sites excluding steroid dienone is 2. The maximum Gasteiger partial charge on any atom is 0.303 e. The number of carbonyl (C=O) groups is 3. The number of ether oxygens (including phenoxy) is 1. The molecule has 0 aromatic heterocycles. The molecular weight excluding hydrogens is 384 g/mol. The Bertz CT molecular complexity index is 592. The molecule has 170 valence electrons. The number of fused-ring (bicyclic) bond motifs is 2. The van der Waals surface area contributed by atoms with Crippen LogP contribution in [0, 0.1) is 11.8 Å². The molecule has 2 rings (SSSR count). The molecule has 0 aromatic rings. The summed E-state index contributed by atoms with van der Waals surface area (Å²) in [6, 6.07) is 0. The van der Waals surface area contributed by atoms with Crippen molar-refractivity contribution in [2.24, 2.45) is 11.8 Å². The van der Waals surface area contributed by atoms with Gasteiger partial charge in [0.05, 0.1) is 18.8 Å². The number of carboxylic acid groups (broad SMARTS) is 1. The highest BCUT2D eigenvalue weighted by Crippen LogP contribution is 2.44. The smallest absolute Gasteiger partial charge is 0.303 e. The van der Waals surface area contributed by atoms with Crippen molar-refractivity contribution in [3.63, 3.8) is 0 Å². The highest BCUT2D eigenvalue weighted by atomic mass is 16.5. The van der Waals surface area contributed by atoms with Crippen molar-refractivity contribution in [1.29, 1.82) is 0 Å². The summed E-state index contributed by atoms with van der Waals surface area (Å²) in [6.45, 7) is 2.74. The number of hydrogen-bond acceptors (Lipinski definition) is 4. The van der Waals surface area contributed by atoms with E-state index in [2.05, 4.69) is 29.7 Å². The lowest BCUT2D eigenvalue weighted by Gasteiger charge is -2.27. The standard InChI is InChI=1S/C23H38N2O5/c1-2-3-4-8-11-21(26)25-16-22(27)24-15-18-17(19-13-14-20(18)30-19)10-7-5-6-9-12-23(28)29/h5,7,17-20H,2-4,6,8-16H2,1H3,(H,24,27)(H,25,26)(H,28,29)/b7-5+/t17-,18-,19-,20+/m0/s1. The van der Waals surface area contributed by atoms with Gasteiger partial charge in [0.25, 0.3) is 0 Å². The SMILES string of the molecule is CCCCCCC(=O)NCC(=O)NC[C@H]1[C@H](C/C=C/CCCC(=O)O)[C@@H]2CC[C@H]1O2. The van der Waals surface area contributed by atoms with Crippen molar-refractivity contribution in [3.8, 4) is 0 Å². The summed E-state index contributed by atoms with van der Waals surface area (Å²) in [7, 11) is 0. The highest BCUT2D eigenvalue weighted by molar-refractivity contribution is 5.84. The van der Waals surface area contributed by atoms with E-state index in [1.165, 1.54) is 0 Å². The molecule has 4 atom stereocenters. The number of nitrogens with one attached hydrogen (secondary N) is 2. The normalized spacial score (nSPS) is 25.0. The molecule has 7 nitrogen and oxygen atoms in total. The van der Waals surface area contributed by atoms with Crippen LogP contribution >= 0.6 is 0 Å². The summed E-state index contributed by atoms with van der Waals surface area (Å²) in [5.41, 5.74) is 0. The first-order chi connectivity index (χ1) is 14.5. The largest absolute Gasteiger partial charge is 0.481 e. The van der Waals surface area contributed by atoms with Gasteiger partial charge in [-0.3, -0.25) is 14.4 Å². The van der Waals surface area contributed by atoms with E-state index < -0.39 is 5.97 Å². The maximum absolute atomic E-state index is 12.2. The fourth-order valence-electron chi connectivity index (χ4n) is 4.50. The summed E-state index contributed by atoms with van der Waals surface area (Å²) < 4.78 is 6.07. The van der Waals surface area contributed by atoms with Crippen LogP contribution < -0.4 is 10.6 Å². The van der Waals surface area contributed by atoms with Gasteiger partial charge in [0.1, 0.15) is 0 Å². The van der Waals surface area contributed by atoms with Crippen LogP contribution in [0.15, 0.2) is 12.2 Å². The molecule has 2 saturated heterocycles. The van der Waals surface area contributed by atoms with Gasteiger partial charge in [-0.2, -0.15) is 0 Å². The lowest BCUT2D eigenvalue weighted by atomic mass is 9.77. The van der Waals surface area contributed by atoms with Gasteiger partial charge in [-0.25, -0.2) is 0 Å². The number of carbonyl (C=O) groups excluding carboxylic acids is 2. The molecule has 2 aliphatic heterocycles. The fraction of sp³-hybridized carbons (Fsp3) is 0.783. The Morgan fingerprint density at radius 3 is 2.43 bits per heavy atom. The number of amides is 2. The molecule has 0 spiro atoms. The van der Waals surface area contributed by atoms with Crippen LogP contribution in [0.2, 0.25) is 0 Å². The summed E-state index contributed by atoms with van der Waals surface area (Å²) in [5.74, 6) is -0.291. The number of hydrogen-bond donors (Lipinski definition) is 3. The average molecular weight is 423 g/mol. The Labute approximate surface area is 180 Å². The van der Waals surface area contributed by atoms with Crippen LogP contribution in [0.5, 0.6) is 0 Å². The minimum absolute atomic E-state index is 0.0302. The van der Waals surface area contributed by atoms with E-state index in [9.17, 15) is 14.4 Å². The van der Waals surface area contributed by atoms with Crippen LogP contribution in [0.4, 0.5) is 0 Å². The predicted molar refractivity (Wildman–Crippen MR) is 115 cm³/mol. The Morgan fingerprint density at radius 1 is 0.933 bits per heavy atom. The topological polar surface area (TPSA) is 105 Å². The lowest BCUT2D eigenvalue weighted by Crippen LogP contribution is -2.42. The molecule has 2 heterocycles. The van der Waals surface area contributed by atoms with E-state index in [-0.39, 0.29) is 37.0 Å². The van der Waals surface area contributed by atoms with Crippen LogP contribution in [-0.2, 0) is 19.1 Å². The number of aliphatic carboxylic acids is 1. The van der Waals surface area contributed by atoms with E-state index in [1.807, 2.05) is 0 Å². The molecule has 2 bridgehead atoms. The van der Waals surface area contributed by atoms with E-state index in [4.69, 9.17) is 9.84 Å². The maximum atomic E-state index is 12.2. The highest BCUT2D eigenvalue weighted by Gasteiger charge is 2.47. The Balaban J connectivity index is 1.66. The van der Waals surface area contributed by atoms with Crippen molar-refractivity contribution in [1.82, 2.24) is 10.6 Å². The molecule has 0 radical (unpaired) electrons. The first-order valence-electron chi connectivity index (χ1n) is 11.6. The summed E-state index contributed by atoms with van der Waals surface area (Å²) in [5, 5.41) is 14.4. The molecule has 2 amide bonds. The van der Waals surface area contributed by atoms with Gasteiger partial charge < -0.3 is 20.5 Å². The average Bonchev–Trinajstić information content (AvgIpc) is 3.32. The predicted octanol–water partition coefficient (Wildman–Crippen LogP) is 3.18. The molecule has 0 aromatic carbocycles. The molecule has 0 unspecified atom stereocenters. The first kappa shape index (κ1) is 24.4. The van der Waals surface area contributed by atoms with Crippen LogP contribution in [-0.4, -0.2) is 48.2 Å². The van der Waals surface area contributed by atoms with E-state index in [1.54, 1.807) is 0 Å². The van der Waals surface area contributed by atoms with Gasteiger partial charge in [0.2, 0.25) is 11.8 Å². The molecule has 3 N–H and O–H groups in total. The molecule has 0 aliphatic carbocycles. The van der Waals surface area contributed by atoms with Crippen molar-refractivity contribution >= 4 is 17.8 Å². The van der Waals surface area contributed by atoms with Gasteiger partial charge in [-0.05, 0) is 44.4 Å². The van der Waals surface area contributed by atoms with E-state index >= 15 is 0 Å². The summed E-state index contributed by atoms with van der Waals surface area (Å²) in [6.07, 6.45) is 13.9. The lowest BCUT2D eigenvalue weighted by molar-refractivity contribution is -0.137. The number of unbranched alkanes of at least 4 members (excludes halogenated alkanes) is 4. The zero-order valence-electron chi connectivity index (χ0n) is 18.2. The third-order valence-electron chi connectivity index (χ3n) is 6.17. The van der Waals surface area contributed by atoms with E-state index in [0.717, 1.165) is 51.4 Å². The van der Waals surface area contributed by atoms with Crippen molar-refractivity contribution < 1.29 is 24.2 Å². The number of rotatable bonds is 15. The quantitative estimate of drug-likeness (QED) is 0.278. The van der Waals surface area contributed by atoms with Crippen LogP contribution in [0.1, 0.15) is 77.6 Å². The van der Waals surface area contributed by atoms with Crippen molar-refractivity contribution in [2.75, 3.05) is 13.1 Å². The second kappa shape index (κ2) is 13.4. The Kier molecular flexibility index (Phi) is 10.9. The third kappa shape index (κ3) is 8.46. The molecule has 0 saturated carbocycles. The molecule has 30 heavy (non-hydrogen) atoms. The minimum Gasteiger partial charge on any atom is -0.481 e. The van der Waals surface area contributed by atoms with Crippen molar-refractivity contribution in [3.05, 3.63) is 12.2 Å². The van der Waals surface area contributed by atoms with Gasteiger partial charge in [-0.1, -0.05) is 38.3 Å². The monoisotopic (exact) mass is 422 g/mol. The molecule has 7 heteroatoms. The molecule has 2 fully saturated rings. The van der Waals surface area contributed by atoms with Crippen molar-refractivity contribution in [2.45, 2.75) is 89.8 Å². The van der Waals surface area contributed by atoms with E-state index in [0.29, 0.717) is 31.2 Å². The summed E-state index contributed by atoms with van der Waals surface area (Å²) >= 11 is 0. The first-order valence-corrected chi connectivity index (χ1v) is 11.6. The van der Waals surface area contributed by atoms with Gasteiger partial charge in [0.15, 0.2) is 0 Å². The van der Waals surface area contributed by atoms with Crippen LogP contribution in [0.25, 0.3) is 0 Å². The summed E-state index contributed by atoms with van der Waals surface area (Å²) in [4.78, 5) is 34.5. The van der Waals surface area contributed by atoms with Gasteiger partial charge >= 0.3 is 5.97 Å². The van der Waals surface area contributed by atoms with Gasteiger partial charge in [0, 0.05) is 25.3 Å². The molecule has 2 aliphatic rings. The Morgan fingerprint density at radius 2 is 1.70 bits per heavy atom. The zero-order valence-corrected chi connectivity index (χ0v) is 18.2. The fourth-order valence-corrected chi connectivity index (χ4v) is 4.50. The second-order valence-electron chi connectivity index (χ2n) is 8.50. The second-order valence-corrected chi connectivity index (χ2v) is 8.50. The third-order valence-corrected chi connectivity index (χ3v) is 6.17. The number of carboxylic acids is 1. The molecular formula is C23H38N2O5. The van der Waals surface area contributed by atoms with Gasteiger partial charge in [-0.15, -0.1) is 0 Å². The van der Waals surface area contributed by atoms with Crippen LogP contribution in [0.3, 0.4) is 0 Å².